The fourth-order valence-corrected chi connectivity index (χ4v) is 3.33. The Labute approximate surface area is 138 Å². The summed E-state index contributed by atoms with van der Waals surface area (Å²) in [6.07, 6.45) is 3.10. The summed E-state index contributed by atoms with van der Waals surface area (Å²) in [4.78, 5) is 0. The van der Waals surface area contributed by atoms with Crippen molar-refractivity contribution >= 4 is 0 Å². The molecular weight excluding hydrogens is 293 g/mol. The Morgan fingerprint density at radius 3 is 2.74 bits per heavy atom. The fraction of sp³-hybridized carbons (Fsp3) is 0.579. The molecule has 1 aromatic carbocycles. The molecule has 0 saturated heterocycles. The summed E-state index contributed by atoms with van der Waals surface area (Å²) in [6, 6.07) is 4.40. The second kappa shape index (κ2) is 7.45. The molecule has 4 heteroatoms. The zero-order valence-corrected chi connectivity index (χ0v) is 14.4. The lowest BCUT2D eigenvalue weighted by Crippen LogP contribution is -2.24. The van der Waals surface area contributed by atoms with E-state index in [0.717, 1.165) is 12.8 Å². The van der Waals surface area contributed by atoms with Gasteiger partial charge in [0.15, 0.2) is 0 Å². The minimum absolute atomic E-state index is 0.123. The molecule has 2 rings (SSSR count). The standard InChI is InChI=1S/C19H28FNO2/c1-13-5-4-7-19(2,3)17(13)12-23-16-10-14(9-15(20)11-16)18(22)6-8-21/h9-11,18,22H,4-8,12,21H2,1-3H3. The summed E-state index contributed by atoms with van der Waals surface area (Å²) < 4.78 is 19.6. The molecule has 3 N–H and O–H groups in total. The first kappa shape index (κ1) is 18.0. The average molecular weight is 321 g/mol. The highest BCUT2D eigenvalue weighted by molar-refractivity contribution is 5.32. The van der Waals surface area contributed by atoms with Crippen LogP contribution in [-0.4, -0.2) is 18.3 Å². The monoisotopic (exact) mass is 321 g/mol. The number of aliphatic hydroxyl groups is 1. The zero-order chi connectivity index (χ0) is 17.0. The first-order valence-electron chi connectivity index (χ1n) is 8.34. The summed E-state index contributed by atoms with van der Waals surface area (Å²) in [6.45, 7) is 7.44. The predicted molar refractivity (Wildman–Crippen MR) is 90.9 cm³/mol. The predicted octanol–water partition coefficient (Wildman–Crippen LogP) is 4.11. The minimum Gasteiger partial charge on any atom is -0.489 e. The van der Waals surface area contributed by atoms with E-state index < -0.39 is 11.9 Å². The molecule has 0 amide bonds. The van der Waals surface area contributed by atoms with Crippen LogP contribution in [0.4, 0.5) is 4.39 Å². The van der Waals surface area contributed by atoms with Gasteiger partial charge in [0, 0.05) is 6.07 Å². The topological polar surface area (TPSA) is 55.5 Å². The number of halogens is 1. The molecule has 0 heterocycles. The Bertz CT molecular complexity index is 581. The van der Waals surface area contributed by atoms with Crippen molar-refractivity contribution in [3.63, 3.8) is 0 Å². The van der Waals surface area contributed by atoms with Crippen molar-refractivity contribution in [1.82, 2.24) is 0 Å². The van der Waals surface area contributed by atoms with Gasteiger partial charge in [0.2, 0.25) is 0 Å². The quantitative estimate of drug-likeness (QED) is 0.775. The van der Waals surface area contributed by atoms with Crippen LogP contribution in [0.25, 0.3) is 0 Å². The van der Waals surface area contributed by atoms with Gasteiger partial charge in [-0.25, -0.2) is 4.39 Å². The Morgan fingerprint density at radius 1 is 1.35 bits per heavy atom. The maximum Gasteiger partial charge on any atom is 0.127 e. The molecule has 0 saturated carbocycles. The molecule has 1 aliphatic rings. The highest BCUT2D eigenvalue weighted by Crippen LogP contribution is 2.40. The van der Waals surface area contributed by atoms with Crippen molar-refractivity contribution in [2.45, 2.75) is 52.6 Å². The Balaban J connectivity index is 2.14. The van der Waals surface area contributed by atoms with Crippen molar-refractivity contribution in [3.05, 3.63) is 40.7 Å². The van der Waals surface area contributed by atoms with Crippen LogP contribution in [0.15, 0.2) is 29.3 Å². The van der Waals surface area contributed by atoms with Crippen LogP contribution in [0.2, 0.25) is 0 Å². The van der Waals surface area contributed by atoms with Crippen LogP contribution >= 0.6 is 0 Å². The van der Waals surface area contributed by atoms with E-state index in [4.69, 9.17) is 10.5 Å². The van der Waals surface area contributed by atoms with Gasteiger partial charge in [-0.3, -0.25) is 0 Å². The Hall–Kier alpha value is -1.39. The maximum atomic E-state index is 13.8. The van der Waals surface area contributed by atoms with E-state index in [1.54, 1.807) is 6.07 Å². The number of hydrogen-bond acceptors (Lipinski definition) is 3. The molecule has 1 unspecified atom stereocenters. The maximum absolute atomic E-state index is 13.8. The third-order valence-corrected chi connectivity index (χ3v) is 4.79. The molecule has 0 bridgehead atoms. The third-order valence-electron chi connectivity index (χ3n) is 4.79. The molecule has 128 valence electrons. The molecule has 1 aliphatic carbocycles. The number of ether oxygens (including phenoxy) is 1. The fourth-order valence-electron chi connectivity index (χ4n) is 3.33. The second-order valence-corrected chi connectivity index (χ2v) is 7.10. The molecule has 23 heavy (non-hydrogen) atoms. The van der Waals surface area contributed by atoms with E-state index in [0.29, 0.717) is 30.9 Å². The largest absolute Gasteiger partial charge is 0.489 e. The van der Waals surface area contributed by atoms with Crippen LogP contribution < -0.4 is 10.5 Å². The van der Waals surface area contributed by atoms with Crippen molar-refractivity contribution in [2.24, 2.45) is 11.1 Å². The van der Waals surface area contributed by atoms with Gasteiger partial charge in [-0.2, -0.15) is 0 Å². The Kier molecular flexibility index (Phi) is 5.82. The summed E-state index contributed by atoms with van der Waals surface area (Å²) in [5, 5.41) is 10.00. The lowest BCUT2D eigenvalue weighted by atomic mass is 9.73. The molecule has 0 fully saturated rings. The number of hydrogen-bond donors (Lipinski definition) is 2. The van der Waals surface area contributed by atoms with Gasteiger partial charge >= 0.3 is 0 Å². The number of rotatable bonds is 6. The summed E-state index contributed by atoms with van der Waals surface area (Å²) >= 11 is 0. The normalized spacial score (nSPS) is 18.9. The van der Waals surface area contributed by atoms with E-state index in [9.17, 15) is 9.50 Å². The van der Waals surface area contributed by atoms with Crippen molar-refractivity contribution in [1.29, 1.82) is 0 Å². The van der Waals surface area contributed by atoms with Crippen LogP contribution in [-0.2, 0) is 0 Å². The van der Waals surface area contributed by atoms with Crippen LogP contribution in [0.3, 0.4) is 0 Å². The highest BCUT2D eigenvalue weighted by atomic mass is 19.1. The van der Waals surface area contributed by atoms with Crippen LogP contribution in [0.5, 0.6) is 5.75 Å². The first-order chi connectivity index (χ1) is 10.8. The van der Waals surface area contributed by atoms with E-state index in [2.05, 4.69) is 20.8 Å². The molecule has 1 atom stereocenters. The van der Waals surface area contributed by atoms with Gasteiger partial charge in [0.05, 0.1) is 6.10 Å². The van der Waals surface area contributed by atoms with Gasteiger partial charge in [0.25, 0.3) is 0 Å². The minimum atomic E-state index is -0.759. The van der Waals surface area contributed by atoms with E-state index >= 15 is 0 Å². The second-order valence-electron chi connectivity index (χ2n) is 7.10. The average Bonchev–Trinajstić information content (AvgIpc) is 2.45. The number of nitrogens with two attached hydrogens (primary N) is 1. The van der Waals surface area contributed by atoms with E-state index in [1.807, 2.05) is 0 Å². The molecule has 0 spiro atoms. The molecule has 1 aromatic rings. The van der Waals surface area contributed by atoms with Gasteiger partial charge in [-0.05, 0) is 67.8 Å². The van der Waals surface area contributed by atoms with Gasteiger partial charge in [0.1, 0.15) is 18.2 Å². The summed E-state index contributed by atoms with van der Waals surface area (Å²) in [5.74, 6) is 0.0555. The SMILES string of the molecule is CC1=C(COc2cc(F)cc(C(O)CCN)c2)C(C)(C)CCC1. The number of benzene rings is 1. The zero-order valence-electron chi connectivity index (χ0n) is 14.4. The van der Waals surface area contributed by atoms with Crippen LogP contribution in [0, 0.1) is 11.2 Å². The number of aliphatic hydroxyl groups excluding tert-OH is 1. The molecule has 0 aromatic heterocycles. The third kappa shape index (κ3) is 4.55. The molecule has 3 nitrogen and oxygen atoms in total. The van der Waals surface area contributed by atoms with Gasteiger partial charge < -0.3 is 15.6 Å². The highest BCUT2D eigenvalue weighted by Gasteiger charge is 2.28. The smallest absolute Gasteiger partial charge is 0.127 e. The van der Waals surface area contributed by atoms with Crippen molar-refractivity contribution in [2.75, 3.05) is 13.2 Å². The molecule has 0 radical (unpaired) electrons. The summed E-state index contributed by atoms with van der Waals surface area (Å²) in [7, 11) is 0. The van der Waals surface area contributed by atoms with Crippen molar-refractivity contribution in [3.8, 4) is 5.75 Å². The lowest BCUT2D eigenvalue weighted by molar-refractivity contribution is 0.169. The van der Waals surface area contributed by atoms with E-state index in [1.165, 1.54) is 29.7 Å². The summed E-state index contributed by atoms with van der Waals surface area (Å²) in [5.41, 5.74) is 8.77. The van der Waals surface area contributed by atoms with E-state index in [-0.39, 0.29) is 5.41 Å². The van der Waals surface area contributed by atoms with Crippen molar-refractivity contribution < 1.29 is 14.2 Å². The number of allylic oxidation sites excluding steroid dienone is 1. The molecular formula is C19H28FNO2. The Morgan fingerprint density at radius 2 is 2.09 bits per heavy atom. The lowest BCUT2D eigenvalue weighted by Gasteiger charge is -2.34. The van der Waals surface area contributed by atoms with Gasteiger partial charge in [-0.1, -0.05) is 19.4 Å². The first-order valence-corrected chi connectivity index (χ1v) is 8.34. The van der Waals surface area contributed by atoms with Crippen LogP contribution in [0.1, 0.15) is 58.1 Å². The molecule has 0 aliphatic heterocycles. The van der Waals surface area contributed by atoms with Gasteiger partial charge in [-0.15, -0.1) is 0 Å².